The summed E-state index contributed by atoms with van der Waals surface area (Å²) in [5.41, 5.74) is 3.60. The first-order valence-electron chi connectivity index (χ1n) is 8.07. The van der Waals surface area contributed by atoms with Crippen LogP contribution >= 0.6 is 11.8 Å². The first-order chi connectivity index (χ1) is 11.7. The smallest absolute Gasteiger partial charge is 0.256 e. The van der Waals surface area contributed by atoms with E-state index in [2.05, 4.69) is 10.2 Å². The van der Waals surface area contributed by atoms with Gasteiger partial charge >= 0.3 is 0 Å². The molecule has 0 radical (unpaired) electrons. The Morgan fingerprint density at radius 2 is 1.92 bits per heavy atom. The van der Waals surface area contributed by atoms with Crippen molar-refractivity contribution in [2.24, 2.45) is 0 Å². The van der Waals surface area contributed by atoms with Crippen LogP contribution in [0.2, 0.25) is 0 Å². The summed E-state index contributed by atoms with van der Waals surface area (Å²) in [6.45, 7) is 5.09. The van der Waals surface area contributed by atoms with E-state index in [4.69, 9.17) is 4.74 Å². The molecule has 0 aromatic heterocycles. The number of carbonyl (C=O) groups is 1. The van der Waals surface area contributed by atoms with E-state index in [1.807, 2.05) is 55.6 Å². The molecule has 4 nitrogen and oxygen atoms in total. The Balaban J connectivity index is 1.84. The molecule has 0 bridgehead atoms. The van der Waals surface area contributed by atoms with Gasteiger partial charge in [-0.2, -0.15) is 0 Å². The normalized spacial score (nSPS) is 14.5. The molecule has 0 atom stereocenters. The molecule has 3 rings (SSSR count). The average Bonchev–Trinajstić information content (AvgIpc) is 2.63. The maximum atomic E-state index is 12.8. The van der Waals surface area contributed by atoms with Gasteiger partial charge in [0.05, 0.1) is 24.6 Å². The van der Waals surface area contributed by atoms with E-state index in [9.17, 15) is 4.79 Å². The van der Waals surface area contributed by atoms with Crippen molar-refractivity contribution in [2.75, 3.05) is 42.8 Å². The van der Waals surface area contributed by atoms with E-state index < -0.39 is 0 Å². The van der Waals surface area contributed by atoms with Crippen LogP contribution in [0.1, 0.15) is 15.9 Å². The minimum atomic E-state index is -0.0656. The van der Waals surface area contributed by atoms with Crippen molar-refractivity contribution in [3.05, 3.63) is 53.6 Å². The Hall–Kier alpha value is -1.98. The number of aryl methyl sites for hydroxylation is 1. The highest BCUT2D eigenvalue weighted by Crippen LogP contribution is 2.27. The number of para-hydroxylation sites is 2. The second-order valence-electron chi connectivity index (χ2n) is 5.75. The van der Waals surface area contributed by atoms with Gasteiger partial charge in [-0.05, 0) is 43.0 Å². The van der Waals surface area contributed by atoms with Crippen molar-refractivity contribution in [1.82, 2.24) is 0 Å². The molecule has 0 spiro atoms. The van der Waals surface area contributed by atoms with Crippen molar-refractivity contribution in [2.45, 2.75) is 11.8 Å². The molecule has 1 aliphatic rings. The molecule has 0 unspecified atom stereocenters. The van der Waals surface area contributed by atoms with Crippen LogP contribution in [0.5, 0.6) is 0 Å². The molecular formula is C19H22N2O2S. The predicted molar refractivity (Wildman–Crippen MR) is 100 cm³/mol. The topological polar surface area (TPSA) is 41.6 Å². The molecule has 0 saturated carbocycles. The molecule has 126 valence electrons. The number of rotatable bonds is 4. The number of hydrogen-bond donors (Lipinski definition) is 1. The van der Waals surface area contributed by atoms with Crippen LogP contribution < -0.4 is 10.2 Å². The monoisotopic (exact) mass is 342 g/mol. The summed E-state index contributed by atoms with van der Waals surface area (Å²) in [7, 11) is 0. The van der Waals surface area contributed by atoms with E-state index in [0.29, 0.717) is 0 Å². The van der Waals surface area contributed by atoms with Crippen LogP contribution in [0.4, 0.5) is 11.4 Å². The first kappa shape index (κ1) is 16.9. The molecular weight excluding hydrogens is 320 g/mol. The van der Waals surface area contributed by atoms with Crippen LogP contribution in [-0.4, -0.2) is 38.5 Å². The van der Waals surface area contributed by atoms with Crippen LogP contribution in [-0.2, 0) is 4.74 Å². The van der Waals surface area contributed by atoms with Crippen LogP contribution in [0.25, 0.3) is 0 Å². The van der Waals surface area contributed by atoms with Gasteiger partial charge in [0.25, 0.3) is 5.91 Å². The number of thioether (sulfide) groups is 1. The highest BCUT2D eigenvalue weighted by atomic mass is 32.2. The van der Waals surface area contributed by atoms with Crippen LogP contribution in [0.15, 0.2) is 47.4 Å². The Morgan fingerprint density at radius 3 is 2.67 bits per heavy atom. The molecule has 1 heterocycles. The van der Waals surface area contributed by atoms with Gasteiger partial charge in [-0.3, -0.25) is 4.79 Å². The van der Waals surface area contributed by atoms with Gasteiger partial charge in [-0.1, -0.05) is 18.2 Å². The number of anilines is 2. The molecule has 1 N–H and O–H groups in total. The summed E-state index contributed by atoms with van der Waals surface area (Å²) in [6, 6.07) is 13.9. The summed E-state index contributed by atoms with van der Waals surface area (Å²) in [5.74, 6) is -0.0656. The van der Waals surface area contributed by atoms with Crippen molar-refractivity contribution in [3.63, 3.8) is 0 Å². The molecule has 0 aliphatic carbocycles. The molecule has 5 heteroatoms. The highest BCUT2D eigenvalue weighted by Gasteiger charge is 2.17. The summed E-state index contributed by atoms with van der Waals surface area (Å²) in [6.07, 6.45) is 2.01. The lowest BCUT2D eigenvalue weighted by atomic mass is 10.1. The van der Waals surface area contributed by atoms with Crippen molar-refractivity contribution < 1.29 is 9.53 Å². The van der Waals surface area contributed by atoms with Crippen LogP contribution in [0, 0.1) is 6.92 Å². The zero-order valence-electron chi connectivity index (χ0n) is 14.0. The fourth-order valence-electron chi connectivity index (χ4n) is 2.82. The quantitative estimate of drug-likeness (QED) is 0.858. The lowest BCUT2D eigenvalue weighted by Crippen LogP contribution is -2.36. The number of morpholine rings is 1. The third kappa shape index (κ3) is 3.74. The van der Waals surface area contributed by atoms with Crippen LogP contribution in [0.3, 0.4) is 0 Å². The van der Waals surface area contributed by atoms with Gasteiger partial charge in [0, 0.05) is 23.5 Å². The van der Waals surface area contributed by atoms with E-state index in [-0.39, 0.29) is 5.91 Å². The average molecular weight is 342 g/mol. The summed E-state index contributed by atoms with van der Waals surface area (Å²) >= 11 is 1.64. The molecule has 1 amide bonds. The minimum absolute atomic E-state index is 0.0656. The maximum absolute atomic E-state index is 12.8. The number of amides is 1. The van der Waals surface area contributed by atoms with E-state index in [0.717, 1.165) is 53.7 Å². The number of benzene rings is 2. The Morgan fingerprint density at radius 1 is 1.17 bits per heavy atom. The number of hydrogen-bond acceptors (Lipinski definition) is 4. The van der Waals surface area contributed by atoms with Gasteiger partial charge in [-0.15, -0.1) is 11.8 Å². The van der Waals surface area contributed by atoms with Gasteiger partial charge in [0.15, 0.2) is 0 Å². The van der Waals surface area contributed by atoms with Gasteiger partial charge in [0.1, 0.15) is 0 Å². The maximum Gasteiger partial charge on any atom is 0.256 e. The van der Waals surface area contributed by atoms with Crippen molar-refractivity contribution in [1.29, 1.82) is 0 Å². The predicted octanol–water partition coefficient (Wildman–Crippen LogP) is 3.81. The Kier molecular flexibility index (Phi) is 5.43. The molecule has 2 aromatic rings. The molecule has 1 aliphatic heterocycles. The third-order valence-corrected chi connectivity index (χ3v) is 4.92. The molecule has 1 saturated heterocycles. The largest absolute Gasteiger partial charge is 0.378 e. The Bertz CT molecular complexity index is 727. The summed E-state index contributed by atoms with van der Waals surface area (Å²) < 4.78 is 5.42. The van der Waals surface area contributed by atoms with E-state index in [1.165, 1.54) is 0 Å². The number of nitrogens with one attached hydrogen (secondary N) is 1. The second-order valence-corrected chi connectivity index (χ2v) is 6.63. The van der Waals surface area contributed by atoms with Gasteiger partial charge in [0.2, 0.25) is 0 Å². The number of ether oxygens (including phenoxy) is 1. The SMILES string of the molecule is CSc1ccc(C)c(C(=O)Nc2ccccc2N2CCOCC2)c1. The first-order valence-corrected chi connectivity index (χ1v) is 9.29. The standard InChI is InChI=1S/C19H22N2O2S/c1-14-7-8-15(24-2)13-16(14)19(22)20-17-5-3-4-6-18(17)21-9-11-23-12-10-21/h3-8,13H,9-12H2,1-2H3,(H,20,22). The molecule has 2 aromatic carbocycles. The zero-order valence-corrected chi connectivity index (χ0v) is 14.9. The second kappa shape index (κ2) is 7.73. The number of carbonyl (C=O) groups excluding carboxylic acids is 1. The fraction of sp³-hybridized carbons (Fsp3) is 0.316. The Labute approximate surface area is 147 Å². The zero-order chi connectivity index (χ0) is 16.9. The summed E-state index contributed by atoms with van der Waals surface area (Å²) in [5, 5.41) is 3.09. The lowest BCUT2D eigenvalue weighted by Gasteiger charge is -2.30. The van der Waals surface area contributed by atoms with E-state index >= 15 is 0 Å². The van der Waals surface area contributed by atoms with Gasteiger partial charge < -0.3 is 15.0 Å². The van der Waals surface area contributed by atoms with E-state index in [1.54, 1.807) is 11.8 Å². The highest BCUT2D eigenvalue weighted by molar-refractivity contribution is 7.98. The summed E-state index contributed by atoms with van der Waals surface area (Å²) in [4.78, 5) is 16.1. The molecule has 24 heavy (non-hydrogen) atoms. The van der Waals surface area contributed by atoms with Crippen molar-refractivity contribution in [3.8, 4) is 0 Å². The molecule has 1 fully saturated rings. The van der Waals surface area contributed by atoms with Gasteiger partial charge in [-0.25, -0.2) is 0 Å². The minimum Gasteiger partial charge on any atom is -0.378 e. The third-order valence-electron chi connectivity index (χ3n) is 4.19. The number of nitrogens with zero attached hydrogens (tertiary/aromatic N) is 1. The fourth-order valence-corrected chi connectivity index (χ4v) is 3.26. The lowest BCUT2D eigenvalue weighted by molar-refractivity contribution is 0.102. The van der Waals surface area contributed by atoms with Crippen molar-refractivity contribution >= 4 is 29.0 Å².